The number of halogens is 1. The van der Waals surface area contributed by atoms with Crippen LogP contribution in [0.1, 0.15) is 50.2 Å². The number of ether oxygens (including phenoxy) is 1. The van der Waals surface area contributed by atoms with Crippen LogP contribution in [0.15, 0.2) is 6.08 Å². The number of hydrogen-bond acceptors (Lipinski definition) is 3. The normalized spacial score (nSPS) is 17.7. The van der Waals surface area contributed by atoms with Gasteiger partial charge in [0.1, 0.15) is 23.2 Å². The molecule has 0 bridgehead atoms. The molecule has 0 fully saturated rings. The van der Waals surface area contributed by atoms with Gasteiger partial charge in [-0.05, 0) is 32.3 Å². The third-order valence-electron chi connectivity index (χ3n) is 4.08. The molecule has 1 aromatic rings. The fourth-order valence-electron chi connectivity index (χ4n) is 2.78. The predicted octanol–water partition coefficient (Wildman–Crippen LogP) is 4.30. The van der Waals surface area contributed by atoms with Crippen molar-refractivity contribution in [3.05, 3.63) is 28.6 Å². The Balaban J connectivity index is 2.84. The molecule has 0 spiro atoms. The molecule has 1 aromatic heterocycles. The van der Waals surface area contributed by atoms with Gasteiger partial charge < -0.3 is 4.74 Å². The SMILES string of the molecule is CCOc1c(C)c(C)nc2c1C(=C=O)C(C(C)(C)C)C=C2F. The van der Waals surface area contributed by atoms with Crippen molar-refractivity contribution >= 4 is 17.3 Å². The van der Waals surface area contributed by atoms with Crippen molar-refractivity contribution < 1.29 is 13.9 Å². The van der Waals surface area contributed by atoms with E-state index in [4.69, 9.17) is 4.74 Å². The van der Waals surface area contributed by atoms with Crippen LogP contribution in [0, 0.1) is 25.2 Å². The topological polar surface area (TPSA) is 39.2 Å². The van der Waals surface area contributed by atoms with Crippen molar-refractivity contribution in [3.63, 3.8) is 0 Å². The third kappa shape index (κ3) is 2.59. The number of carbonyl (C=O) groups excluding carboxylic acids is 1. The van der Waals surface area contributed by atoms with E-state index in [0.717, 1.165) is 5.56 Å². The van der Waals surface area contributed by atoms with E-state index < -0.39 is 5.83 Å². The van der Waals surface area contributed by atoms with Crippen LogP contribution in [0.25, 0.3) is 11.4 Å². The van der Waals surface area contributed by atoms with Gasteiger partial charge in [-0.3, -0.25) is 0 Å². The Morgan fingerprint density at radius 1 is 1.36 bits per heavy atom. The molecule has 22 heavy (non-hydrogen) atoms. The number of allylic oxidation sites excluding steroid dienone is 2. The Morgan fingerprint density at radius 2 is 2.00 bits per heavy atom. The predicted molar refractivity (Wildman–Crippen MR) is 86.0 cm³/mol. The van der Waals surface area contributed by atoms with Crippen molar-refractivity contribution in [3.8, 4) is 5.75 Å². The summed E-state index contributed by atoms with van der Waals surface area (Å²) in [5, 5.41) is 0. The van der Waals surface area contributed by atoms with Crippen molar-refractivity contribution in [2.75, 3.05) is 6.61 Å². The molecule has 118 valence electrons. The zero-order valence-corrected chi connectivity index (χ0v) is 14.0. The Labute approximate surface area is 130 Å². The molecule has 0 saturated heterocycles. The molecule has 3 nitrogen and oxygen atoms in total. The number of rotatable bonds is 2. The second-order valence-electron chi connectivity index (χ2n) is 6.68. The van der Waals surface area contributed by atoms with Crippen LogP contribution in [0.5, 0.6) is 5.75 Å². The Morgan fingerprint density at radius 3 is 2.50 bits per heavy atom. The molecule has 4 heteroatoms. The van der Waals surface area contributed by atoms with E-state index in [-0.39, 0.29) is 17.0 Å². The zero-order valence-electron chi connectivity index (χ0n) is 14.0. The lowest BCUT2D eigenvalue weighted by Crippen LogP contribution is -2.24. The highest BCUT2D eigenvalue weighted by Gasteiger charge is 2.37. The van der Waals surface area contributed by atoms with Crippen LogP contribution in [-0.4, -0.2) is 17.5 Å². The molecule has 1 unspecified atom stereocenters. The highest BCUT2D eigenvalue weighted by atomic mass is 19.1. The van der Waals surface area contributed by atoms with Crippen LogP contribution in [0.4, 0.5) is 4.39 Å². The highest BCUT2D eigenvalue weighted by molar-refractivity contribution is 5.98. The molecule has 0 N–H and O–H groups in total. The summed E-state index contributed by atoms with van der Waals surface area (Å²) >= 11 is 0. The van der Waals surface area contributed by atoms with Gasteiger partial charge in [-0.15, -0.1) is 0 Å². The smallest absolute Gasteiger partial charge is 0.146 e. The molecular formula is C18H22FNO2. The van der Waals surface area contributed by atoms with Gasteiger partial charge in [0, 0.05) is 17.2 Å². The van der Waals surface area contributed by atoms with Crippen LogP contribution in [0.2, 0.25) is 0 Å². The number of aryl methyl sites for hydroxylation is 1. The van der Waals surface area contributed by atoms with E-state index in [1.165, 1.54) is 6.08 Å². The van der Waals surface area contributed by atoms with E-state index in [1.54, 1.807) is 0 Å². The fourth-order valence-corrected chi connectivity index (χ4v) is 2.78. The second kappa shape index (κ2) is 5.69. The number of fused-ring (bicyclic) bond motifs is 1. The molecule has 0 aromatic carbocycles. The minimum absolute atomic E-state index is 0.186. The minimum Gasteiger partial charge on any atom is -0.493 e. The lowest BCUT2D eigenvalue weighted by atomic mass is 9.71. The van der Waals surface area contributed by atoms with Gasteiger partial charge in [0.05, 0.1) is 17.7 Å². The molecule has 0 aliphatic heterocycles. The van der Waals surface area contributed by atoms with E-state index >= 15 is 0 Å². The molecule has 0 saturated carbocycles. The van der Waals surface area contributed by atoms with Gasteiger partial charge in [0.15, 0.2) is 0 Å². The zero-order chi connectivity index (χ0) is 16.7. The first-order valence-corrected chi connectivity index (χ1v) is 7.49. The minimum atomic E-state index is -0.405. The van der Waals surface area contributed by atoms with Crippen LogP contribution in [-0.2, 0) is 4.79 Å². The number of nitrogens with zero attached hydrogens (tertiary/aromatic N) is 1. The summed E-state index contributed by atoms with van der Waals surface area (Å²) in [7, 11) is 0. The molecule has 0 amide bonds. The van der Waals surface area contributed by atoms with Crippen LogP contribution >= 0.6 is 0 Å². The first-order valence-electron chi connectivity index (χ1n) is 7.49. The van der Waals surface area contributed by atoms with Gasteiger partial charge in [-0.2, -0.15) is 0 Å². The van der Waals surface area contributed by atoms with E-state index in [1.807, 2.05) is 47.5 Å². The number of pyridine rings is 1. The fraction of sp³-hybridized carbons (Fsp3) is 0.500. The summed E-state index contributed by atoms with van der Waals surface area (Å²) in [4.78, 5) is 16.0. The summed E-state index contributed by atoms with van der Waals surface area (Å²) < 4.78 is 20.3. The Kier molecular flexibility index (Phi) is 4.25. The summed E-state index contributed by atoms with van der Waals surface area (Å²) in [6.07, 6.45) is 1.47. The molecule has 2 rings (SSSR count). The standard InChI is InChI=1S/C18H22FNO2/c1-7-22-17-10(2)11(3)20-16-14(19)8-13(18(4,5)6)12(9-21)15(16)17/h8,13H,7H2,1-6H3. The number of aromatic nitrogens is 1. The van der Waals surface area contributed by atoms with E-state index in [0.29, 0.717) is 29.2 Å². The van der Waals surface area contributed by atoms with Gasteiger partial charge in [0.25, 0.3) is 0 Å². The lowest BCUT2D eigenvalue weighted by molar-refractivity contribution is 0.329. The van der Waals surface area contributed by atoms with E-state index in [9.17, 15) is 9.18 Å². The summed E-state index contributed by atoms with van der Waals surface area (Å²) in [6, 6.07) is 0. The van der Waals surface area contributed by atoms with Gasteiger partial charge >= 0.3 is 0 Å². The molecule has 1 aliphatic rings. The van der Waals surface area contributed by atoms with Crippen molar-refractivity contribution in [1.29, 1.82) is 0 Å². The number of hydrogen-bond donors (Lipinski definition) is 0. The second-order valence-corrected chi connectivity index (χ2v) is 6.68. The van der Waals surface area contributed by atoms with Gasteiger partial charge in [-0.25, -0.2) is 14.2 Å². The van der Waals surface area contributed by atoms with Crippen molar-refractivity contribution in [2.45, 2.75) is 41.5 Å². The third-order valence-corrected chi connectivity index (χ3v) is 4.08. The molecule has 1 heterocycles. The van der Waals surface area contributed by atoms with E-state index in [2.05, 4.69) is 4.98 Å². The average Bonchev–Trinajstić information content (AvgIpc) is 2.43. The molecule has 1 aliphatic carbocycles. The maximum Gasteiger partial charge on any atom is 0.146 e. The lowest BCUT2D eigenvalue weighted by Gasteiger charge is -2.33. The summed E-state index contributed by atoms with van der Waals surface area (Å²) in [5.74, 6) is 1.80. The molecular weight excluding hydrogens is 281 g/mol. The average molecular weight is 303 g/mol. The molecule has 1 atom stereocenters. The van der Waals surface area contributed by atoms with Crippen molar-refractivity contribution in [1.82, 2.24) is 4.98 Å². The largest absolute Gasteiger partial charge is 0.493 e. The molecule has 0 radical (unpaired) electrons. The van der Waals surface area contributed by atoms with Crippen LogP contribution < -0.4 is 4.74 Å². The maximum atomic E-state index is 14.6. The van der Waals surface area contributed by atoms with Crippen molar-refractivity contribution in [2.24, 2.45) is 11.3 Å². The maximum absolute atomic E-state index is 14.6. The first-order chi connectivity index (χ1) is 10.2. The van der Waals surface area contributed by atoms with Gasteiger partial charge in [-0.1, -0.05) is 20.8 Å². The summed E-state index contributed by atoms with van der Waals surface area (Å²) in [6.45, 7) is 11.9. The quantitative estimate of drug-likeness (QED) is 0.765. The Bertz CT molecular complexity index is 692. The van der Waals surface area contributed by atoms with Gasteiger partial charge in [0.2, 0.25) is 0 Å². The summed E-state index contributed by atoms with van der Waals surface area (Å²) in [5.41, 5.74) is 2.29. The van der Waals surface area contributed by atoms with Crippen LogP contribution in [0.3, 0.4) is 0 Å². The first kappa shape index (κ1) is 16.4. The Hall–Kier alpha value is -1.93. The monoisotopic (exact) mass is 303 g/mol. The highest BCUT2D eigenvalue weighted by Crippen LogP contribution is 2.48.